The van der Waals surface area contributed by atoms with Crippen LogP contribution in [0.5, 0.6) is 11.5 Å². The molecule has 4 heteroatoms. The molecule has 0 saturated carbocycles. The van der Waals surface area contributed by atoms with E-state index in [4.69, 9.17) is 0 Å². The topological polar surface area (TPSA) is 69.6 Å². The van der Waals surface area contributed by atoms with E-state index in [1.165, 1.54) is 6.07 Å². The largest absolute Gasteiger partial charge is 0.504 e. The SMILES string of the molecule is CC1(C)N[C@H](C=O)Cc2cc(O)c(O)cc21. The number of benzene rings is 1. The predicted molar refractivity (Wildman–Crippen MR) is 59.5 cm³/mol. The van der Waals surface area contributed by atoms with Gasteiger partial charge in [-0.1, -0.05) is 0 Å². The van der Waals surface area contributed by atoms with Crippen molar-refractivity contribution >= 4 is 6.29 Å². The quantitative estimate of drug-likeness (QED) is 0.489. The van der Waals surface area contributed by atoms with Crippen LogP contribution in [-0.4, -0.2) is 22.5 Å². The molecule has 2 rings (SSSR count). The molecule has 0 radical (unpaired) electrons. The van der Waals surface area contributed by atoms with Crippen molar-refractivity contribution in [2.75, 3.05) is 0 Å². The van der Waals surface area contributed by atoms with E-state index in [9.17, 15) is 15.0 Å². The maximum absolute atomic E-state index is 10.8. The normalized spacial score (nSPS) is 22.5. The molecule has 1 aliphatic heterocycles. The highest BCUT2D eigenvalue weighted by Crippen LogP contribution is 2.37. The van der Waals surface area contributed by atoms with Crippen molar-refractivity contribution in [3.05, 3.63) is 23.3 Å². The van der Waals surface area contributed by atoms with E-state index in [2.05, 4.69) is 5.32 Å². The Balaban J connectivity index is 2.55. The number of rotatable bonds is 1. The van der Waals surface area contributed by atoms with Crippen LogP contribution >= 0.6 is 0 Å². The molecule has 3 N–H and O–H groups in total. The van der Waals surface area contributed by atoms with Crippen molar-refractivity contribution in [1.29, 1.82) is 0 Å². The van der Waals surface area contributed by atoms with Gasteiger partial charge in [0.15, 0.2) is 11.5 Å². The number of fused-ring (bicyclic) bond motifs is 1. The first kappa shape index (κ1) is 11.0. The summed E-state index contributed by atoms with van der Waals surface area (Å²) >= 11 is 0. The van der Waals surface area contributed by atoms with Gasteiger partial charge in [0.1, 0.15) is 6.29 Å². The van der Waals surface area contributed by atoms with E-state index in [1.54, 1.807) is 6.07 Å². The molecular formula is C12H15NO3. The van der Waals surface area contributed by atoms with Crippen LogP contribution in [0, 0.1) is 0 Å². The third kappa shape index (κ3) is 1.65. The number of hydrogen-bond acceptors (Lipinski definition) is 4. The lowest BCUT2D eigenvalue weighted by molar-refractivity contribution is -0.110. The summed E-state index contributed by atoms with van der Waals surface area (Å²) in [7, 11) is 0. The summed E-state index contributed by atoms with van der Waals surface area (Å²) in [6.07, 6.45) is 1.41. The molecule has 0 aliphatic carbocycles. The Morgan fingerprint density at radius 3 is 2.62 bits per heavy atom. The average Bonchev–Trinajstić information content (AvgIpc) is 2.20. The van der Waals surface area contributed by atoms with Gasteiger partial charge in [0.2, 0.25) is 0 Å². The monoisotopic (exact) mass is 221 g/mol. The Morgan fingerprint density at radius 1 is 1.38 bits per heavy atom. The van der Waals surface area contributed by atoms with Crippen molar-refractivity contribution in [3.8, 4) is 11.5 Å². The molecule has 1 atom stereocenters. The molecule has 0 spiro atoms. The third-order valence-electron chi connectivity index (χ3n) is 3.02. The molecule has 0 unspecified atom stereocenters. The lowest BCUT2D eigenvalue weighted by atomic mass is 9.82. The lowest BCUT2D eigenvalue weighted by Gasteiger charge is -2.37. The van der Waals surface area contributed by atoms with Crippen LogP contribution in [0.2, 0.25) is 0 Å². The molecule has 1 heterocycles. The summed E-state index contributed by atoms with van der Waals surface area (Å²) in [6, 6.07) is 2.84. The number of phenols is 2. The molecular weight excluding hydrogens is 206 g/mol. The number of carbonyl (C=O) groups excluding carboxylic acids is 1. The first-order valence-corrected chi connectivity index (χ1v) is 5.22. The fourth-order valence-electron chi connectivity index (χ4n) is 2.28. The van der Waals surface area contributed by atoms with Crippen LogP contribution in [0.15, 0.2) is 12.1 Å². The molecule has 0 aromatic heterocycles. The minimum Gasteiger partial charge on any atom is -0.504 e. The first-order valence-electron chi connectivity index (χ1n) is 5.22. The highest BCUT2D eigenvalue weighted by molar-refractivity contribution is 5.61. The molecule has 0 fully saturated rings. The zero-order chi connectivity index (χ0) is 11.9. The van der Waals surface area contributed by atoms with E-state index < -0.39 is 0 Å². The minimum atomic E-state index is -0.385. The molecule has 16 heavy (non-hydrogen) atoms. The third-order valence-corrected chi connectivity index (χ3v) is 3.02. The first-order chi connectivity index (χ1) is 7.44. The van der Waals surface area contributed by atoms with Gasteiger partial charge >= 0.3 is 0 Å². The van der Waals surface area contributed by atoms with Gasteiger partial charge in [0, 0.05) is 5.54 Å². The molecule has 1 aromatic rings. The highest BCUT2D eigenvalue weighted by atomic mass is 16.3. The second-order valence-electron chi connectivity index (χ2n) is 4.71. The Hall–Kier alpha value is -1.55. The summed E-state index contributed by atoms with van der Waals surface area (Å²) in [5.74, 6) is -0.265. The Bertz CT molecular complexity index is 440. The second-order valence-corrected chi connectivity index (χ2v) is 4.71. The second kappa shape index (κ2) is 3.49. The number of carbonyl (C=O) groups is 1. The Labute approximate surface area is 93.9 Å². The fraction of sp³-hybridized carbons (Fsp3) is 0.417. The van der Waals surface area contributed by atoms with E-state index in [0.717, 1.165) is 17.4 Å². The summed E-state index contributed by atoms with van der Waals surface area (Å²) in [5, 5.41) is 22.1. The molecule has 1 aromatic carbocycles. The van der Waals surface area contributed by atoms with Gasteiger partial charge in [0.25, 0.3) is 0 Å². The summed E-state index contributed by atoms with van der Waals surface area (Å²) in [6.45, 7) is 3.88. The van der Waals surface area contributed by atoms with Gasteiger partial charge in [-0.05, 0) is 43.5 Å². The summed E-state index contributed by atoms with van der Waals surface area (Å²) < 4.78 is 0. The highest BCUT2D eigenvalue weighted by Gasteiger charge is 2.32. The van der Waals surface area contributed by atoms with Gasteiger partial charge in [-0.2, -0.15) is 0 Å². The van der Waals surface area contributed by atoms with E-state index in [-0.39, 0.29) is 23.1 Å². The van der Waals surface area contributed by atoms with Crippen LogP contribution < -0.4 is 5.32 Å². The van der Waals surface area contributed by atoms with Crippen LogP contribution in [0.25, 0.3) is 0 Å². The zero-order valence-electron chi connectivity index (χ0n) is 9.32. The Kier molecular flexibility index (Phi) is 2.39. The summed E-state index contributed by atoms with van der Waals surface area (Å²) in [4.78, 5) is 10.8. The smallest absolute Gasteiger partial charge is 0.157 e. The number of hydrogen-bond donors (Lipinski definition) is 3. The standard InChI is InChI=1S/C12H15NO3/c1-12(2)9-5-11(16)10(15)4-7(9)3-8(6-14)13-12/h4-6,8,13,15-16H,3H2,1-2H3/t8-/m0/s1. The van der Waals surface area contributed by atoms with Gasteiger partial charge in [-0.15, -0.1) is 0 Å². The lowest BCUT2D eigenvalue weighted by Crippen LogP contribution is -2.49. The maximum atomic E-state index is 10.8. The van der Waals surface area contributed by atoms with Crippen molar-refractivity contribution in [2.24, 2.45) is 0 Å². The zero-order valence-corrected chi connectivity index (χ0v) is 9.32. The van der Waals surface area contributed by atoms with Gasteiger partial charge in [-0.25, -0.2) is 0 Å². The van der Waals surface area contributed by atoms with Crippen LogP contribution in [0.1, 0.15) is 25.0 Å². The van der Waals surface area contributed by atoms with E-state index in [1.807, 2.05) is 13.8 Å². The van der Waals surface area contributed by atoms with Crippen molar-refractivity contribution in [2.45, 2.75) is 31.8 Å². The predicted octanol–water partition coefficient (Wildman–Crippen LogP) is 1.05. The van der Waals surface area contributed by atoms with E-state index >= 15 is 0 Å². The molecule has 86 valence electrons. The van der Waals surface area contributed by atoms with Gasteiger partial charge < -0.3 is 15.0 Å². The van der Waals surface area contributed by atoms with Crippen LogP contribution in [0.3, 0.4) is 0 Å². The Morgan fingerprint density at radius 2 is 2.00 bits per heavy atom. The number of aromatic hydroxyl groups is 2. The number of aldehydes is 1. The molecule has 0 amide bonds. The van der Waals surface area contributed by atoms with E-state index in [0.29, 0.717) is 6.42 Å². The average molecular weight is 221 g/mol. The van der Waals surface area contributed by atoms with Crippen molar-refractivity contribution in [1.82, 2.24) is 5.32 Å². The maximum Gasteiger partial charge on any atom is 0.157 e. The molecule has 1 aliphatic rings. The fourth-order valence-corrected chi connectivity index (χ4v) is 2.28. The number of nitrogens with one attached hydrogen (secondary N) is 1. The molecule has 0 bridgehead atoms. The van der Waals surface area contributed by atoms with Crippen LogP contribution in [0.4, 0.5) is 0 Å². The molecule has 4 nitrogen and oxygen atoms in total. The van der Waals surface area contributed by atoms with Crippen molar-refractivity contribution in [3.63, 3.8) is 0 Å². The number of phenolic OH excluding ortho intramolecular Hbond substituents is 2. The molecule has 0 saturated heterocycles. The van der Waals surface area contributed by atoms with Gasteiger partial charge in [0.05, 0.1) is 6.04 Å². The van der Waals surface area contributed by atoms with Gasteiger partial charge in [-0.3, -0.25) is 5.32 Å². The van der Waals surface area contributed by atoms with Crippen LogP contribution in [-0.2, 0) is 16.8 Å². The summed E-state index contributed by atoms with van der Waals surface area (Å²) in [5.41, 5.74) is 1.43. The van der Waals surface area contributed by atoms with Crippen molar-refractivity contribution < 1.29 is 15.0 Å². The minimum absolute atomic E-state index is 0.127.